The van der Waals surface area contributed by atoms with Crippen LogP contribution in [0.4, 0.5) is 11.5 Å². The number of benzene rings is 1. The van der Waals surface area contributed by atoms with Gasteiger partial charge in [0.25, 0.3) is 5.91 Å². The molecular formula is C18H21N5O2. The number of carbonyl (C=O) groups excluding carboxylic acids is 2. The second-order valence-electron chi connectivity index (χ2n) is 5.79. The van der Waals surface area contributed by atoms with Crippen LogP contribution in [-0.4, -0.2) is 65.0 Å². The van der Waals surface area contributed by atoms with E-state index < -0.39 is 0 Å². The molecule has 0 N–H and O–H groups in total. The van der Waals surface area contributed by atoms with Gasteiger partial charge in [-0.15, -0.1) is 10.2 Å². The summed E-state index contributed by atoms with van der Waals surface area (Å²) in [5.74, 6) is 0.559. The third-order valence-electron chi connectivity index (χ3n) is 4.28. The maximum atomic E-state index is 12.5. The molecule has 2 heterocycles. The summed E-state index contributed by atoms with van der Waals surface area (Å²) in [6.07, 6.45) is 0.819. The smallest absolute Gasteiger partial charge is 0.274 e. The highest BCUT2D eigenvalue weighted by atomic mass is 16.2. The molecule has 2 aromatic rings. The number of amides is 2. The van der Waals surface area contributed by atoms with E-state index in [1.165, 1.54) is 0 Å². The molecule has 2 amide bonds. The number of anilines is 2. The van der Waals surface area contributed by atoms with E-state index in [0.29, 0.717) is 37.7 Å². The normalized spacial score (nSPS) is 14.3. The van der Waals surface area contributed by atoms with Gasteiger partial charge in [0.15, 0.2) is 11.5 Å². The lowest BCUT2D eigenvalue weighted by molar-refractivity contribution is -0.119. The SMILES string of the molecule is CCN(c1ccccc1)c1ccc(C(=O)N2CCN(C=O)CC2)nn1. The predicted molar refractivity (Wildman–Crippen MR) is 94.7 cm³/mol. The zero-order chi connectivity index (χ0) is 17.6. The van der Waals surface area contributed by atoms with E-state index in [1.807, 2.05) is 48.2 Å². The van der Waals surface area contributed by atoms with Crippen molar-refractivity contribution in [3.63, 3.8) is 0 Å². The van der Waals surface area contributed by atoms with E-state index in [-0.39, 0.29) is 5.91 Å². The van der Waals surface area contributed by atoms with Gasteiger partial charge in [-0.05, 0) is 31.2 Å². The van der Waals surface area contributed by atoms with Crippen molar-refractivity contribution < 1.29 is 9.59 Å². The van der Waals surface area contributed by atoms with Crippen LogP contribution in [0.3, 0.4) is 0 Å². The van der Waals surface area contributed by atoms with Gasteiger partial charge in [-0.1, -0.05) is 18.2 Å². The van der Waals surface area contributed by atoms with Gasteiger partial charge in [0.1, 0.15) is 0 Å². The molecule has 7 heteroatoms. The highest BCUT2D eigenvalue weighted by Crippen LogP contribution is 2.22. The summed E-state index contributed by atoms with van der Waals surface area (Å²) in [4.78, 5) is 28.7. The first kappa shape index (κ1) is 16.9. The number of hydrogen-bond acceptors (Lipinski definition) is 5. The van der Waals surface area contributed by atoms with Crippen LogP contribution >= 0.6 is 0 Å². The topological polar surface area (TPSA) is 69.6 Å². The second-order valence-corrected chi connectivity index (χ2v) is 5.79. The number of carbonyl (C=O) groups is 2. The van der Waals surface area contributed by atoms with Crippen LogP contribution < -0.4 is 4.90 Å². The summed E-state index contributed by atoms with van der Waals surface area (Å²) in [7, 11) is 0. The van der Waals surface area contributed by atoms with E-state index in [1.54, 1.807) is 15.9 Å². The molecule has 7 nitrogen and oxygen atoms in total. The van der Waals surface area contributed by atoms with Crippen LogP contribution in [0.5, 0.6) is 0 Å². The Morgan fingerprint density at radius 1 is 1.08 bits per heavy atom. The number of piperazine rings is 1. The highest BCUT2D eigenvalue weighted by molar-refractivity contribution is 5.92. The predicted octanol–water partition coefficient (Wildman–Crippen LogP) is 1.55. The van der Waals surface area contributed by atoms with Gasteiger partial charge in [0.2, 0.25) is 6.41 Å². The zero-order valence-electron chi connectivity index (χ0n) is 14.2. The Kier molecular flexibility index (Phi) is 5.23. The van der Waals surface area contributed by atoms with Crippen molar-refractivity contribution in [2.75, 3.05) is 37.6 Å². The standard InChI is InChI=1S/C18H21N5O2/c1-2-23(15-6-4-3-5-7-15)17-9-8-16(19-20-17)18(25)22-12-10-21(14-24)11-13-22/h3-9,14H,2,10-13H2,1H3. The van der Waals surface area contributed by atoms with Gasteiger partial charge in [0.05, 0.1) is 0 Å². The lowest BCUT2D eigenvalue weighted by Gasteiger charge is -2.32. The monoisotopic (exact) mass is 339 g/mol. The van der Waals surface area contributed by atoms with Gasteiger partial charge < -0.3 is 14.7 Å². The quantitative estimate of drug-likeness (QED) is 0.773. The first-order valence-corrected chi connectivity index (χ1v) is 8.38. The summed E-state index contributed by atoms with van der Waals surface area (Å²) in [5, 5.41) is 8.36. The molecular weight excluding hydrogens is 318 g/mol. The zero-order valence-corrected chi connectivity index (χ0v) is 14.2. The number of aromatic nitrogens is 2. The van der Waals surface area contributed by atoms with Gasteiger partial charge >= 0.3 is 0 Å². The van der Waals surface area contributed by atoms with Crippen molar-refractivity contribution in [2.24, 2.45) is 0 Å². The minimum atomic E-state index is -0.146. The maximum Gasteiger partial charge on any atom is 0.274 e. The summed E-state index contributed by atoms with van der Waals surface area (Å²) >= 11 is 0. The second kappa shape index (κ2) is 7.74. The molecule has 1 saturated heterocycles. The molecule has 1 fully saturated rings. The van der Waals surface area contributed by atoms with E-state index >= 15 is 0 Å². The Labute approximate surface area is 146 Å². The molecule has 0 atom stereocenters. The molecule has 1 aromatic carbocycles. The molecule has 0 spiro atoms. The third kappa shape index (κ3) is 3.76. The lowest BCUT2D eigenvalue weighted by atomic mass is 10.2. The van der Waals surface area contributed by atoms with Crippen LogP contribution in [0.2, 0.25) is 0 Å². The van der Waals surface area contributed by atoms with Gasteiger partial charge in [-0.25, -0.2) is 0 Å². The Balaban J connectivity index is 1.71. The average molecular weight is 339 g/mol. The summed E-state index contributed by atoms with van der Waals surface area (Å²) < 4.78 is 0. The van der Waals surface area contributed by atoms with Crippen molar-refractivity contribution in [3.8, 4) is 0 Å². The molecule has 1 aromatic heterocycles. The maximum absolute atomic E-state index is 12.5. The van der Waals surface area contributed by atoms with E-state index in [0.717, 1.165) is 18.6 Å². The number of hydrogen-bond donors (Lipinski definition) is 0. The molecule has 3 rings (SSSR count). The van der Waals surface area contributed by atoms with Crippen LogP contribution in [-0.2, 0) is 4.79 Å². The molecule has 0 aliphatic carbocycles. The van der Waals surface area contributed by atoms with E-state index in [9.17, 15) is 9.59 Å². The molecule has 25 heavy (non-hydrogen) atoms. The van der Waals surface area contributed by atoms with Crippen LogP contribution in [0.1, 0.15) is 17.4 Å². The first-order valence-electron chi connectivity index (χ1n) is 8.38. The lowest BCUT2D eigenvalue weighted by Crippen LogP contribution is -2.48. The Morgan fingerprint density at radius 3 is 2.36 bits per heavy atom. The van der Waals surface area contributed by atoms with Crippen LogP contribution in [0.25, 0.3) is 0 Å². The molecule has 0 saturated carbocycles. The number of rotatable bonds is 5. The van der Waals surface area contributed by atoms with Crippen molar-refractivity contribution in [2.45, 2.75) is 6.92 Å². The fraction of sp³-hybridized carbons (Fsp3) is 0.333. The average Bonchev–Trinajstić information content (AvgIpc) is 2.69. The molecule has 0 bridgehead atoms. The van der Waals surface area contributed by atoms with Crippen molar-refractivity contribution >= 4 is 23.8 Å². The van der Waals surface area contributed by atoms with Crippen LogP contribution in [0.15, 0.2) is 42.5 Å². The van der Waals surface area contributed by atoms with E-state index in [2.05, 4.69) is 10.2 Å². The summed E-state index contributed by atoms with van der Waals surface area (Å²) in [6, 6.07) is 13.5. The highest BCUT2D eigenvalue weighted by Gasteiger charge is 2.22. The summed E-state index contributed by atoms with van der Waals surface area (Å²) in [5.41, 5.74) is 1.36. The fourth-order valence-corrected chi connectivity index (χ4v) is 2.86. The Bertz CT molecular complexity index is 712. The van der Waals surface area contributed by atoms with Crippen molar-refractivity contribution in [1.29, 1.82) is 0 Å². The van der Waals surface area contributed by atoms with Gasteiger partial charge in [0, 0.05) is 38.4 Å². The van der Waals surface area contributed by atoms with Gasteiger partial charge in [-0.3, -0.25) is 9.59 Å². The minimum Gasteiger partial charge on any atom is -0.342 e. The van der Waals surface area contributed by atoms with Gasteiger partial charge in [-0.2, -0.15) is 0 Å². The molecule has 1 aliphatic heterocycles. The van der Waals surface area contributed by atoms with Crippen molar-refractivity contribution in [1.82, 2.24) is 20.0 Å². The molecule has 1 aliphatic rings. The summed E-state index contributed by atoms with van der Waals surface area (Å²) in [6.45, 7) is 4.94. The van der Waals surface area contributed by atoms with E-state index in [4.69, 9.17) is 0 Å². The number of para-hydroxylation sites is 1. The number of nitrogens with zero attached hydrogens (tertiary/aromatic N) is 5. The molecule has 130 valence electrons. The minimum absolute atomic E-state index is 0.146. The molecule has 0 unspecified atom stereocenters. The fourth-order valence-electron chi connectivity index (χ4n) is 2.86. The Morgan fingerprint density at radius 2 is 1.80 bits per heavy atom. The Hall–Kier alpha value is -2.96. The largest absolute Gasteiger partial charge is 0.342 e. The first-order chi connectivity index (χ1) is 12.2. The third-order valence-corrected chi connectivity index (χ3v) is 4.28. The van der Waals surface area contributed by atoms with Crippen molar-refractivity contribution in [3.05, 3.63) is 48.2 Å². The molecule has 0 radical (unpaired) electrons. The van der Waals surface area contributed by atoms with Crippen LogP contribution in [0, 0.1) is 0 Å².